The van der Waals surface area contributed by atoms with Gasteiger partial charge in [-0.05, 0) is 70.9 Å². The zero-order chi connectivity index (χ0) is 18.5. The second kappa shape index (κ2) is 6.26. The van der Waals surface area contributed by atoms with Crippen molar-refractivity contribution in [2.24, 2.45) is 0 Å². The summed E-state index contributed by atoms with van der Waals surface area (Å²) >= 11 is 0. The van der Waals surface area contributed by atoms with Crippen molar-refractivity contribution in [3.8, 4) is 0 Å². The molecule has 1 aromatic heterocycles. The first-order valence-electron chi connectivity index (χ1n) is 9.83. The van der Waals surface area contributed by atoms with E-state index in [0.717, 1.165) is 43.4 Å². The van der Waals surface area contributed by atoms with Crippen LogP contribution in [0, 0.1) is 6.92 Å². The van der Waals surface area contributed by atoms with Gasteiger partial charge in [0.2, 0.25) is 0 Å². The van der Waals surface area contributed by atoms with E-state index in [1.807, 2.05) is 11.6 Å². The van der Waals surface area contributed by atoms with E-state index in [4.69, 9.17) is 0 Å². The standard InChI is InChI=1S/C22H29N3O/c1-15-19(14-23-25(15)22(2,3)4)21(26)24(17-12-13-17)20-11-7-9-16-8-5-6-10-18(16)20/h5-6,8,10,14,17,20H,7,9,11-13H2,1-4H3. The van der Waals surface area contributed by atoms with Gasteiger partial charge in [-0.1, -0.05) is 24.3 Å². The Kier molecular flexibility index (Phi) is 4.17. The summed E-state index contributed by atoms with van der Waals surface area (Å²) in [6.07, 6.45) is 7.35. The highest BCUT2D eigenvalue weighted by molar-refractivity contribution is 5.95. The highest BCUT2D eigenvalue weighted by atomic mass is 16.2. The molecule has 26 heavy (non-hydrogen) atoms. The van der Waals surface area contributed by atoms with Crippen molar-refractivity contribution < 1.29 is 4.79 Å². The van der Waals surface area contributed by atoms with Crippen LogP contribution in [0.15, 0.2) is 30.5 Å². The van der Waals surface area contributed by atoms with Gasteiger partial charge in [0.05, 0.1) is 23.3 Å². The van der Waals surface area contributed by atoms with Crippen molar-refractivity contribution in [1.29, 1.82) is 0 Å². The van der Waals surface area contributed by atoms with Crippen LogP contribution in [0.5, 0.6) is 0 Å². The number of aryl methyl sites for hydroxylation is 1. The van der Waals surface area contributed by atoms with Gasteiger partial charge in [-0.15, -0.1) is 0 Å². The van der Waals surface area contributed by atoms with Crippen molar-refractivity contribution in [2.75, 3.05) is 0 Å². The van der Waals surface area contributed by atoms with Crippen LogP contribution in [0.3, 0.4) is 0 Å². The highest BCUT2D eigenvalue weighted by Gasteiger charge is 2.40. The number of benzene rings is 1. The molecule has 1 fully saturated rings. The quantitative estimate of drug-likeness (QED) is 0.809. The summed E-state index contributed by atoms with van der Waals surface area (Å²) in [6.45, 7) is 8.39. The SMILES string of the molecule is Cc1c(C(=O)N(C2CC2)C2CCCc3ccccc32)cnn1C(C)(C)C. The van der Waals surface area contributed by atoms with Crippen LogP contribution >= 0.6 is 0 Å². The van der Waals surface area contributed by atoms with Crippen LogP contribution < -0.4 is 0 Å². The Labute approximate surface area is 156 Å². The van der Waals surface area contributed by atoms with Crippen LogP contribution in [-0.2, 0) is 12.0 Å². The van der Waals surface area contributed by atoms with Crippen LogP contribution in [-0.4, -0.2) is 26.6 Å². The van der Waals surface area contributed by atoms with E-state index in [9.17, 15) is 4.79 Å². The largest absolute Gasteiger partial charge is 0.329 e. The average Bonchev–Trinajstić information content (AvgIpc) is 3.35. The lowest BCUT2D eigenvalue weighted by molar-refractivity contribution is 0.0637. The molecule has 4 heteroatoms. The van der Waals surface area contributed by atoms with E-state index in [1.165, 1.54) is 11.1 Å². The number of carbonyl (C=O) groups is 1. The molecular weight excluding hydrogens is 322 g/mol. The third kappa shape index (κ3) is 2.95. The van der Waals surface area contributed by atoms with Crippen molar-refractivity contribution in [3.63, 3.8) is 0 Å². The summed E-state index contributed by atoms with van der Waals surface area (Å²) in [5, 5.41) is 4.53. The fourth-order valence-electron chi connectivity index (χ4n) is 4.37. The summed E-state index contributed by atoms with van der Waals surface area (Å²) in [5.74, 6) is 0.155. The first kappa shape index (κ1) is 17.3. The maximum absolute atomic E-state index is 13.6. The lowest BCUT2D eigenvalue weighted by Gasteiger charge is -2.36. The minimum atomic E-state index is -0.121. The van der Waals surface area contributed by atoms with Crippen LogP contribution in [0.4, 0.5) is 0 Å². The molecule has 138 valence electrons. The molecule has 1 aromatic carbocycles. The van der Waals surface area contributed by atoms with Crippen molar-refractivity contribution >= 4 is 5.91 Å². The topological polar surface area (TPSA) is 38.1 Å². The third-order valence-electron chi connectivity index (χ3n) is 5.72. The maximum atomic E-state index is 13.6. The van der Waals surface area contributed by atoms with Gasteiger partial charge in [-0.2, -0.15) is 5.10 Å². The molecule has 0 saturated heterocycles. The molecule has 1 unspecified atom stereocenters. The van der Waals surface area contributed by atoms with Gasteiger partial charge >= 0.3 is 0 Å². The molecule has 0 radical (unpaired) electrons. The van der Waals surface area contributed by atoms with Gasteiger partial charge in [0, 0.05) is 11.7 Å². The summed E-state index contributed by atoms with van der Waals surface area (Å²) in [5.41, 5.74) is 4.36. The van der Waals surface area contributed by atoms with Gasteiger partial charge in [0.25, 0.3) is 5.91 Å². The highest BCUT2D eigenvalue weighted by Crippen LogP contribution is 2.41. The Morgan fingerprint density at radius 2 is 1.92 bits per heavy atom. The molecular formula is C22H29N3O. The first-order valence-corrected chi connectivity index (χ1v) is 9.83. The van der Waals surface area contributed by atoms with E-state index in [0.29, 0.717) is 6.04 Å². The zero-order valence-corrected chi connectivity index (χ0v) is 16.3. The number of nitrogens with zero attached hydrogens (tertiary/aromatic N) is 3. The van der Waals surface area contributed by atoms with Crippen molar-refractivity contribution in [3.05, 3.63) is 52.8 Å². The molecule has 0 aliphatic heterocycles. The van der Waals surface area contributed by atoms with Gasteiger partial charge in [-0.25, -0.2) is 0 Å². The molecule has 0 bridgehead atoms. The minimum absolute atomic E-state index is 0.121. The van der Waals surface area contributed by atoms with Gasteiger partial charge in [-0.3, -0.25) is 9.48 Å². The fraction of sp³-hybridized carbons (Fsp3) is 0.545. The van der Waals surface area contributed by atoms with Crippen molar-refractivity contribution in [2.45, 2.75) is 77.4 Å². The van der Waals surface area contributed by atoms with Gasteiger partial charge < -0.3 is 4.90 Å². The van der Waals surface area contributed by atoms with E-state index >= 15 is 0 Å². The molecule has 2 aromatic rings. The van der Waals surface area contributed by atoms with E-state index in [1.54, 1.807) is 6.20 Å². The molecule has 1 saturated carbocycles. The second-order valence-corrected chi connectivity index (χ2v) is 8.78. The molecule has 2 aliphatic rings. The van der Waals surface area contributed by atoms with Crippen LogP contribution in [0.2, 0.25) is 0 Å². The van der Waals surface area contributed by atoms with E-state index in [2.05, 4.69) is 55.0 Å². The number of hydrogen-bond acceptors (Lipinski definition) is 2. The number of carbonyl (C=O) groups excluding carboxylic acids is 1. The smallest absolute Gasteiger partial charge is 0.258 e. The molecule has 4 rings (SSSR count). The van der Waals surface area contributed by atoms with Crippen LogP contribution in [0.1, 0.15) is 79.7 Å². The number of rotatable bonds is 3. The normalized spacial score (nSPS) is 19.9. The van der Waals surface area contributed by atoms with E-state index < -0.39 is 0 Å². The Hall–Kier alpha value is -2.10. The monoisotopic (exact) mass is 351 g/mol. The number of hydrogen-bond donors (Lipinski definition) is 0. The minimum Gasteiger partial charge on any atom is -0.329 e. The Morgan fingerprint density at radius 3 is 2.58 bits per heavy atom. The Bertz CT molecular complexity index is 826. The van der Waals surface area contributed by atoms with Gasteiger partial charge in [0.1, 0.15) is 0 Å². The zero-order valence-electron chi connectivity index (χ0n) is 16.3. The molecule has 1 amide bonds. The predicted molar refractivity (Wildman–Crippen MR) is 103 cm³/mol. The number of fused-ring (bicyclic) bond motifs is 1. The third-order valence-corrected chi connectivity index (χ3v) is 5.72. The molecule has 4 nitrogen and oxygen atoms in total. The number of aromatic nitrogens is 2. The molecule has 1 atom stereocenters. The van der Waals surface area contributed by atoms with Gasteiger partial charge in [0.15, 0.2) is 0 Å². The number of amides is 1. The summed E-state index contributed by atoms with van der Waals surface area (Å²) < 4.78 is 1.97. The molecule has 0 N–H and O–H groups in total. The van der Waals surface area contributed by atoms with Crippen LogP contribution in [0.25, 0.3) is 0 Å². The second-order valence-electron chi connectivity index (χ2n) is 8.78. The first-order chi connectivity index (χ1) is 12.4. The Balaban J connectivity index is 1.71. The lowest BCUT2D eigenvalue weighted by Crippen LogP contribution is -2.38. The molecule has 0 spiro atoms. The van der Waals surface area contributed by atoms with Crippen molar-refractivity contribution in [1.82, 2.24) is 14.7 Å². The van der Waals surface area contributed by atoms with E-state index in [-0.39, 0.29) is 17.5 Å². The summed E-state index contributed by atoms with van der Waals surface area (Å²) in [4.78, 5) is 15.7. The Morgan fingerprint density at radius 1 is 1.19 bits per heavy atom. The summed E-state index contributed by atoms with van der Waals surface area (Å²) in [7, 11) is 0. The molecule has 2 aliphatic carbocycles. The predicted octanol–water partition coefficient (Wildman–Crippen LogP) is 4.63. The molecule has 1 heterocycles. The lowest BCUT2D eigenvalue weighted by atomic mass is 9.86. The fourth-order valence-corrected chi connectivity index (χ4v) is 4.37. The summed E-state index contributed by atoms with van der Waals surface area (Å²) in [6, 6.07) is 9.25. The maximum Gasteiger partial charge on any atom is 0.258 e. The average molecular weight is 351 g/mol.